The molecule has 19 heavy (non-hydrogen) atoms. The average Bonchev–Trinajstić information content (AvgIpc) is 2.78. The Bertz CT molecular complexity index is 593. The lowest BCUT2D eigenvalue weighted by molar-refractivity contribution is -0.383. The van der Waals surface area contributed by atoms with Crippen LogP contribution in [0.3, 0.4) is 0 Å². The minimum absolute atomic E-state index is 0.0287. The number of hydrogen-bond acceptors (Lipinski definition) is 5. The van der Waals surface area contributed by atoms with Crippen molar-refractivity contribution in [3.63, 3.8) is 0 Å². The maximum absolute atomic E-state index is 10.9. The minimum Gasteiger partial charge on any atom is -0.344 e. The van der Waals surface area contributed by atoms with Crippen molar-refractivity contribution in [1.82, 2.24) is 14.9 Å². The molecule has 0 aliphatic rings. The molecule has 0 saturated carbocycles. The minimum atomic E-state index is -0.410. The van der Waals surface area contributed by atoms with Crippen LogP contribution in [0.15, 0.2) is 18.2 Å². The third kappa shape index (κ3) is 2.82. The van der Waals surface area contributed by atoms with Gasteiger partial charge in [-0.15, -0.1) is 0 Å². The summed E-state index contributed by atoms with van der Waals surface area (Å²) in [6.07, 6.45) is 0. The molecule has 0 aliphatic heterocycles. The zero-order valence-corrected chi connectivity index (χ0v) is 11.3. The third-order valence-corrected chi connectivity index (χ3v) is 2.92. The molecule has 0 unspecified atom stereocenters. The average molecular weight is 263 g/mol. The third-order valence-electron chi connectivity index (χ3n) is 2.92. The fourth-order valence-electron chi connectivity index (χ4n) is 1.79. The summed E-state index contributed by atoms with van der Waals surface area (Å²) in [5, 5.41) is 10.9. The quantitative estimate of drug-likeness (QED) is 0.652. The molecule has 1 heterocycles. The van der Waals surface area contributed by atoms with Crippen LogP contribution in [-0.4, -0.2) is 54.0 Å². The Balaban J connectivity index is 2.31. The molecule has 0 radical (unpaired) electrons. The molecule has 102 valence electrons. The summed E-state index contributed by atoms with van der Waals surface area (Å²) >= 11 is 0. The highest BCUT2D eigenvalue weighted by Crippen LogP contribution is 2.25. The van der Waals surface area contributed by atoms with E-state index in [9.17, 15) is 10.1 Å². The topological polar surface area (TPSA) is 78.3 Å². The summed E-state index contributed by atoms with van der Waals surface area (Å²) in [6, 6.07) is 4.91. The Morgan fingerprint density at radius 2 is 2.05 bits per heavy atom. The van der Waals surface area contributed by atoms with Crippen molar-refractivity contribution in [3.8, 4) is 0 Å². The molecular formula is C12H17N5O2. The van der Waals surface area contributed by atoms with Gasteiger partial charge in [-0.05, 0) is 20.2 Å². The van der Waals surface area contributed by atoms with Gasteiger partial charge in [0.25, 0.3) is 5.69 Å². The number of para-hydroxylation sites is 1. The van der Waals surface area contributed by atoms with Gasteiger partial charge in [-0.25, -0.2) is 4.98 Å². The van der Waals surface area contributed by atoms with Gasteiger partial charge in [-0.2, -0.15) is 0 Å². The number of nitro benzene ring substituents is 1. The molecule has 0 spiro atoms. The summed E-state index contributed by atoms with van der Waals surface area (Å²) in [7, 11) is 5.90. The molecule has 1 N–H and O–H groups in total. The number of non-ortho nitro benzene ring substituents is 1. The van der Waals surface area contributed by atoms with Gasteiger partial charge < -0.3 is 14.8 Å². The van der Waals surface area contributed by atoms with E-state index >= 15 is 0 Å². The van der Waals surface area contributed by atoms with E-state index < -0.39 is 4.92 Å². The van der Waals surface area contributed by atoms with E-state index in [-0.39, 0.29) is 5.69 Å². The molecule has 0 aliphatic carbocycles. The number of hydrogen-bond donors (Lipinski definition) is 1. The largest absolute Gasteiger partial charge is 0.344 e. The lowest BCUT2D eigenvalue weighted by Gasteiger charge is -2.18. The first-order chi connectivity index (χ1) is 8.99. The Labute approximate surface area is 111 Å². The Morgan fingerprint density at radius 1 is 1.32 bits per heavy atom. The van der Waals surface area contributed by atoms with Crippen LogP contribution in [0.25, 0.3) is 11.0 Å². The van der Waals surface area contributed by atoms with Crippen LogP contribution < -0.4 is 4.90 Å². The van der Waals surface area contributed by atoms with E-state index in [4.69, 9.17) is 0 Å². The van der Waals surface area contributed by atoms with Crippen molar-refractivity contribution in [2.75, 3.05) is 39.1 Å². The summed E-state index contributed by atoms with van der Waals surface area (Å²) in [5.41, 5.74) is 1.11. The first-order valence-electron chi connectivity index (χ1n) is 5.98. The van der Waals surface area contributed by atoms with Gasteiger partial charge in [0.15, 0.2) is 5.52 Å². The van der Waals surface area contributed by atoms with Gasteiger partial charge in [0.05, 0.1) is 10.4 Å². The molecule has 1 aromatic carbocycles. The van der Waals surface area contributed by atoms with Gasteiger partial charge in [0, 0.05) is 26.2 Å². The fourth-order valence-corrected chi connectivity index (χ4v) is 1.79. The van der Waals surface area contributed by atoms with E-state index in [2.05, 4.69) is 14.9 Å². The van der Waals surface area contributed by atoms with Crippen molar-refractivity contribution < 1.29 is 4.92 Å². The maximum Gasteiger partial charge on any atom is 0.297 e. The number of rotatable bonds is 5. The van der Waals surface area contributed by atoms with Crippen LogP contribution in [0.1, 0.15) is 0 Å². The molecule has 2 aromatic rings. The number of H-pyrrole nitrogens is 1. The number of benzene rings is 1. The SMILES string of the molecule is CN(C)CCN(C)c1nc2c([N+](=O)[O-])cccc2[nH]1. The van der Waals surface area contributed by atoms with Crippen molar-refractivity contribution in [3.05, 3.63) is 28.3 Å². The molecule has 0 atom stereocenters. The molecule has 1 aromatic heterocycles. The highest BCUT2D eigenvalue weighted by atomic mass is 16.6. The van der Waals surface area contributed by atoms with Gasteiger partial charge in [-0.3, -0.25) is 10.1 Å². The van der Waals surface area contributed by atoms with Crippen LogP contribution in [-0.2, 0) is 0 Å². The Kier molecular flexibility index (Phi) is 3.66. The van der Waals surface area contributed by atoms with Gasteiger partial charge >= 0.3 is 0 Å². The number of imidazole rings is 1. The standard InChI is InChI=1S/C12H17N5O2/c1-15(2)7-8-16(3)12-13-9-5-4-6-10(17(18)19)11(9)14-12/h4-6H,7-8H2,1-3H3,(H,13,14). The highest BCUT2D eigenvalue weighted by Gasteiger charge is 2.16. The van der Waals surface area contributed by atoms with Crippen LogP contribution >= 0.6 is 0 Å². The van der Waals surface area contributed by atoms with Gasteiger partial charge in [-0.1, -0.05) is 6.07 Å². The smallest absolute Gasteiger partial charge is 0.297 e. The van der Waals surface area contributed by atoms with E-state index in [1.807, 2.05) is 26.0 Å². The number of nitrogens with zero attached hydrogens (tertiary/aromatic N) is 4. The predicted octanol–water partition coefficient (Wildman–Crippen LogP) is 1.47. The van der Waals surface area contributed by atoms with Crippen molar-refractivity contribution in [1.29, 1.82) is 0 Å². The second kappa shape index (κ2) is 5.23. The van der Waals surface area contributed by atoms with Crippen molar-refractivity contribution in [2.45, 2.75) is 0 Å². The molecular weight excluding hydrogens is 246 g/mol. The van der Waals surface area contributed by atoms with Crippen LogP contribution in [0.2, 0.25) is 0 Å². The van der Waals surface area contributed by atoms with E-state index in [0.29, 0.717) is 17.0 Å². The van der Waals surface area contributed by atoms with E-state index in [0.717, 1.165) is 13.1 Å². The van der Waals surface area contributed by atoms with Gasteiger partial charge in [0.1, 0.15) is 0 Å². The first-order valence-corrected chi connectivity index (χ1v) is 5.98. The first kappa shape index (κ1) is 13.3. The number of aromatic amines is 1. The normalized spacial score (nSPS) is 11.2. The molecule has 7 nitrogen and oxygen atoms in total. The van der Waals surface area contributed by atoms with E-state index in [1.165, 1.54) is 6.07 Å². The predicted molar refractivity (Wildman–Crippen MR) is 74.6 cm³/mol. The molecule has 0 saturated heterocycles. The second-order valence-electron chi connectivity index (χ2n) is 4.72. The molecule has 0 amide bonds. The number of likely N-dealkylation sites (N-methyl/N-ethyl adjacent to an activating group) is 2. The van der Waals surface area contributed by atoms with Crippen LogP contribution in [0.4, 0.5) is 11.6 Å². The Hall–Kier alpha value is -2.15. The summed E-state index contributed by atoms with van der Waals surface area (Å²) in [5.74, 6) is 0.645. The summed E-state index contributed by atoms with van der Waals surface area (Å²) < 4.78 is 0. The zero-order chi connectivity index (χ0) is 14.0. The molecule has 7 heteroatoms. The van der Waals surface area contributed by atoms with Gasteiger partial charge in [0.2, 0.25) is 5.95 Å². The number of nitro groups is 1. The van der Waals surface area contributed by atoms with E-state index in [1.54, 1.807) is 12.1 Å². The lowest BCUT2D eigenvalue weighted by Crippen LogP contribution is -2.29. The summed E-state index contributed by atoms with van der Waals surface area (Å²) in [4.78, 5) is 22.0. The zero-order valence-electron chi connectivity index (χ0n) is 11.3. The molecule has 2 rings (SSSR count). The molecule has 0 fully saturated rings. The monoisotopic (exact) mass is 263 g/mol. The number of aromatic nitrogens is 2. The summed E-state index contributed by atoms with van der Waals surface area (Å²) in [6.45, 7) is 1.68. The van der Waals surface area contributed by atoms with Crippen LogP contribution in [0, 0.1) is 10.1 Å². The number of nitrogens with one attached hydrogen (secondary N) is 1. The van der Waals surface area contributed by atoms with Crippen molar-refractivity contribution >= 4 is 22.7 Å². The van der Waals surface area contributed by atoms with Crippen LogP contribution in [0.5, 0.6) is 0 Å². The number of anilines is 1. The Morgan fingerprint density at radius 3 is 2.68 bits per heavy atom. The van der Waals surface area contributed by atoms with Crippen molar-refractivity contribution in [2.24, 2.45) is 0 Å². The second-order valence-corrected chi connectivity index (χ2v) is 4.72. The fraction of sp³-hybridized carbons (Fsp3) is 0.417. The highest BCUT2D eigenvalue weighted by molar-refractivity contribution is 5.86. The maximum atomic E-state index is 10.9. The molecule has 0 bridgehead atoms. The number of fused-ring (bicyclic) bond motifs is 1. The lowest BCUT2D eigenvalue weighted by atomic mass is 10.3.